The monoisotopic (exact) mass is 151 g/mol. The molecule has 0 saturated heterocycles. The zero-order chi connectivity index (χ0) is 8.43. The van der Waals surface area contributed by atoms with Crippen LogP contribution in [-0.2, 0) is 6.42 Å². The number of aromatic amines is 1. The van der Waals surface area contributed by atoms with E-state index in [1.807, 2.05) is 20.8 Å². The van der Waals surface area contributed by atoms with Crippen LogP contribution in [-0.4, -0.2) is 4.98 Å². The Bertz CT molecular complexity index is 312. The van der Waals surface area contributed by atoms with Crippen LogP contribution in [0.1, 0.15) is 23.7 Å². The molecule has 0 unspecified atom stereocenters. The Hall–Kier alpha value is -1.05. The number of nitrogens with one attached hydrogen (secondary N) is 1. The molecule has 2 heteroatoms. The first-order valence-corrected chi connectivity index (χ1v) is 3.84. The van der Waals surface area contributed by atoms with E-state index in [2.05, 4.69) is 4.98 Å². The van der Waals surface area contributed by atoms with Gasteiger partial charge in [0, 0.05) is 23.0 Å². The van der Waals surface area contributed by atoms with Crippen molar-refractivity contribution in [2.24, 2.45) is 0 Å². The normalized spacial score (nSPS) is 10.1. The molecule has 0 saturated carbocycles. The van der Waals surface area contributed by atoms with Gasteiger partial charge in [0.1, 0.15) is 0 Å². The third-order valence-corrected chi connectivity index (χ3v) is 1.97. The van der Waals surface area contributed by atoms with Gasteiger partial charge in [-0.3, -0.25) is 4.79 Å². The highest BCUT2D eigenvalue weighted by atomic mass is 16.1. The number of hydrogen-bond acceptors (Lipinski definition) is 1. The zero-order valence-electron chi connectivity index (χ0n) is 7.19. The van der Waals surface area contributed by atoms with Crippen molar-refractivity contribution in [3.8, 4) is 0 Å². The fraction of sp³-hybridized carbons (Fsp3) is 0.444. The summed E-state index contributed by atoms with van der Waals surface area (Å²) in [7, 11) is 0. The van der Waals surface area contributed by atoms with Gasteiger partial charge in [-0.05, 0) is 20.3 Å². The van der Waals surface area contributed by atoms with Crippen molar-refractivity contribution in [2.45, 2.75) is 27.2 Å². The Morgan fingerprint density at radius 1 is 1.45 bits per heavy atom. The fourth-order valence-electron chi connectivity index (χ4n) is 1.17. The Balaban J connectivity index is 3.37. The van der Waals surface area contributed by atoms with E-state index in [0.717, 1.165) is 23.2 Å². The summed E-state index contributed by atoms with van der Waals surface area (Å²) in [6.45, 7) is 5.73. The average Bonchev–Trinajstić information content (AvgIpc) is 2.01. The van der Waals surface area contributed by atoms with Crippen molar-refractivity contribution in [3.05, 3.63) is 33.2 Å². The van der Waals surface area contributed by atoms with E-state index >= 15 is 0 Å². The Labute approximate surface area is 66.3 Å². The van der Waals surface area contributed by atoms with E-state index in [9.17, 15) is 4.79 Å². The second kappa shape index (κ2) is 2.91. The summed E-state index contributed by atoms with van der Waals surface area (Å²) in [6.07, 6.45) is 2.66. The highest BCUT2D eigenvalue weighted by Crippen LogP contribution is 2.00. The van der Waals surface area contributed by atoms with E-state index in [4.69, 9.17) is 0 Å². The lowest BCUT2D eigenvalue weighted by Crippen LogP contribution is -2.12. The number of H-pyrrole nitrogens is 1. The van der Waals surface area contributed by atoms with E-state index < -0.39 is 0 Å². The Kier molecular flexibility index (Phi) is 2.13. The molecule has 60 valence electrons. The number of pyridine rings is 1. The van der Waals surface area contributed by atoms with Crippen molar-refractivity contribution in [1.29, 1.82) is 0 Å². The van der Waals surface area contributed by atoms with Gasteiger partial charge < -0.3 is 4.98 Å². The fourth-order valence-corrected chi connectivity index (χ4v) is 1.17. The van der Waals surface area contributed by atoms with Crippen LogP contribution in [0.2, 0.25) is 0 Å². The summed E-state index contributed by atoms with van der Waals surface area (Å²) in [5.41, 5.74) is 2.86. The predicted octanol–water partition coefficient (Wildman–Crippen LogP) is 1.55. The second-order valence-electron chi connectivity index (χ2n) is 2.76. The molecule has 1 aromatic heterocycles. The van der Waals surface area contributed by atoms with Crippen molar-refractivity contribution in [2.75, 3.05) is 0 Å². The maximum Gasteiger partial charge on any atom is 0.187 e. The summed E-state index contributed by atoms with van der Waals surface area (Å²) in [5, 5.41) is 0. The average molecular weight is 151 g/mol. The van der Waals surface area contributed by atoms with Gasteiger partial charge in [0.2, 0.25) is 0 Å². The first-order valence-electron chi connectivity index (χ1n) is 3.84. The van der Waals surface area contributed by atoms with Crippen LogP contribution in [0.3, 0.4) is 0 Å². The predicted molar refractivity (Wildman–Crippen MR) is 45.9 cm³/mol. The lowest BCUT2D eigenvalue weighted by atomic mass is 10.1. The van der Waals surface area contributed by atoms with Gasteiger partial charge in [-0.25, -0.2) is 0 Å². The quantitative estimate of drug-likeness (QED) is 0.649. The molecule has 0 bridgehead atoms. The van der Waals surface area contributed by atoms with Crippen LogP contribution in [0.5, 0.6) is 0 Å². The molecule has 0 spiro atoms. The van der Waals surface area contributed by atoms with Crippen molar-refractivity contribution >= 4 is 0 Å². The van der Waals surface area contributed by atoms with E-state index in [-0.39, 0.29) is 5.43 Å². The summed E-state index contributed by atoms with van der Waals surface area (Å²) in [6, 6.07) is 0. The summed E-state index contributed by atoms with van der Waals surface area (Å²) < 4.78 is 0. The molecule has 0 fully saturated rings. The minimum atomic E-state index is 0.167. The van der Waals surface area contributed by atoms with Crippen LogP contribution in [0.4, 0.5) is 0 Å². The van der Waals surface area contributed by atoms with Gasteiger partial charge in [-0.1, -0.05) is 6.92 Å². The molecule has 1 rings (SSSR count). The molecule has 0 atom stereocenters. The molecule has 1 aromatic rings. The maximum atomic E-state index is 11.3. The standard InChI is InChI=1S/C9H13NO/c1-4-8-7(3)9(11)6(2)5-10-8/h5H,4H2,1-3H3,(H,10,11). The molecule has 0 aliphatic rings. The minimum Gasteiger partial charge on any atom is -0.364 e. The largest absolute Gasteiger partial charge is 0.364 e. The topological polar surface area (TPSA) is 32.9 Å². The lowest BCUT2D eigenvalue weighted by Gasteiger charge is -2.02. The van der Waals surface area contributed by atoms with Crippen molar-refractivity contribution < 1.29 is 0 Å². The van der Waals surface area contributed by atoms with Gasteiger partial charge in [-0.15, -0.1) is 0 Å². The van der Waals surface area contributed by atoms with Gasteiger partial charge in [0.25, 0.3) is 0 Å². The number of aromatic nitrogens is 1. The number of aryl methyl sites for hydroxylation is 2. The number of hydrogen-bond donors (Lipinski definition) is 1. The van der Waals surface area contributed by atoms with Crippen LogP contribution in [0, 0.1) is 13.8 Å². The van der Waals surface area contributed by atoms with E-state index in [0.29, 0.717) is 0 Å². The highest BCUT2D eigenvalue weighted by Gasteiger charge is 2.01. The third-order valence-electron chi connectivity index (χ3n) is 1.97. The molecule has 1 N–H and O–H groups in total. The van der Waals surface area contributed by atoms with Crippen LogP contribution < -0.4 is 5.43 Å². The molecular weight excluding hydrogens is 138 g/mol. The second-order valence-corrected chi connectivity index (χ2v) is 2.76. The van der Waals surface area contributed by atoms with Crippen LogP contribution >= 0.6 is 0 Å². The maximum absolute atomic E-state index is 11.3. The molecular formula is C9H13NO. The van der Waals surface area contributed by atoms with E-state index in [1.165, 1.54) is 0 Å². The van der Waals surface area contributed by atoms with Gasteiger partial charge in [0.15, 0.2) is 5.43 Å². The molecule has 2 nitrogen and oxygen atoms in total. The van der Waals surface area contributed by atoms with Crippen molar-refractivity contribution in [1.82, 2.24) is 4.98 Å². The first-order chi connectivity index (χ1) is 5.16. The zero-order valence-corrected chi connectivity index (χ0v) is 7.19. The Morgan fingerprint density at radius 3 is 2.64 bits per heavy atom. The summed E-state index contributed by atoms with van der Waals surface area (Å²) >= 11 is 0. The van der Waals surface area contributed by atoms with Gasteiger partial charge >= 0.3 is 0 Å². The Morgan fingerprint density at radius 2 is 2.09 bits per heavy atom. The van der Waals surface area contributed by atoms with Crippen LogP contribution in [0.25, 0.3) is 0 Å². The van der Waals surface area contributed by atoms with E-state index in [1.54, 1.807) is 6.20 Å². The molecule has 0 radical (unpaired) electrons. The molecule has 11 heavy (non-hydrogen) atoms. The summed E-state index contributed by atoms with van der Waals surface area (Å²) in [5.74, 6) is 0. The highest BCUT2D eigenvalue weighted by molar-refractivity contribution is 5.23. The van der Waals surface area contributed by atoms with Gasteiger partial charge in [-0.2, -0.15) is 0 Å². The molecule has 0 aromatic carbocycles. The smallest absolute Gasteiger partial charge is 0.187 e. The van der Waals surface area contributed by atoms with Crippen LogP contribution in [0.15, 0.2) is 11.0 Å². The molecule has 1 heterocycles. The first kappa shape index (κ1) is 8.05. The summed E-state index contributed by atoms with van der Waals surface area (Å²) in [4.78, 5) is 14.4. The molecule has 0 amide bonds. The SMILES string of the molecule is CCc1[nH]cc(C)c(=O)c1C. The molecule has 0 aliphatic carbocycles. The lowest BCUT2D eigenvalue weighted by molar-refractivity contribution is 0.986. The minimum absolute atomic E-state index is 0.167. The third kappa shape index (κ3) is 1.34. The van der Waals surface area contributed by atoms with Gasteiger partial charge in [0.05, 0.1) is 0 Å². The number of rotatable bonds is 1. The van der Waals surface area contributed by atoms with Crippen molar-refractivity contribution in [3.63, 3.8) is 0 Å². The molecule has 0 aliphatic heterocycles.